The number of hydrogen-bond acceptors (Lipinski definition) is 5. The predicted octanol–water partition coefficient (Wildman–Crippen LogP) is 6.01. The Labute approximate surface area is 179 Å². The zero-order valence-corrected chi connectivity index (χ0v) is 17.6. The number of thiazole rings is 1. The average molecular weight is 457 g/mol. The number of nitrogens with one attached hydrogen (secondary N) is 1. The minimum absolute atomic E-state index is 0.191. The summed E-state index contributed by atoms with van der Waals surface area (Å²) in [5.74, 6) is -0.0715. The van der Waals surface area contributed by atoms with Crippen molar-refractivity contribution in [2.45, 2.75) is 4.34 Å². The third-order valence-corrected chi connectivity index (χ3v) is 6.51. The maximum absolute atomic E-state index is 12.0. The maximum Gasteiger partial charge on any atom is 0.250 e. The van der Waals surface area contributed by atoms with Crippen LogP contribution < -0.4 is 5.43 Å². The highest BCUT2D eigenvalue weighted by atomic mass is 35.5. The van der Waals surface area contributed by atoms with Gasteiger partial charge in [-0.3, -0.25) is 4.79 Å². The largest absolute Gasteiger partial charge is 0.272 e. The first-order valence-corrected chi connectivity index (χ1v) is 10.6. The number of hydrogen-bond donors (Lipinski definition) is 1. The highest BCUT2D eigenvalue weighted by molar-refractivity contribution is 8.01. The van der Waals surface area contributed by atoms with Crippen molar-refractivity contribution in [1.82, 2.24) is 10.4 Å². The number of benzene rings is 2. The maximum atomic E-state index is 12.0. The Balaban J connectivity index is 1.54. The monoisotopic (exact) mass is 455 g/mol. The molecule has 2 aromatic carbocycles. The van der Waals surface area contributed by atoms with Crippen LogP contribution in [0.2, 0.25) is 15.1 Å². The lowest BCUT2D eigenvalue weighted by atomic mass is 10.2. The summed E-state index contributed by atoms with van der Waals surface area (Å²) in [6, 6.07) is 13.1. The zero-order valence-electron chi connectivity index (χ0n) is 13.7. The van der Waals surface area contributed by atoms with Crippen LogP contribution in [0.1, 0.15) is 5.56 Å². The summed E-state index contributed by atoms with van der Waals surface area (Å²) >= 11 is 20.9. The SMILES string of the molecule is O=C(CSc1nc(-c2ccccc2)cs1)N/N=C/c1c(Cl)ccc(Cl)c1Cl. The van der Waals surface area contributed by atoms with Crippen molar-refractivity contribution in [2.24, 2.45) is 5.10 Å². The first kappa shape index (κ1) is 20.2. The summed E-state index contributed by atoms with van der Waals surface area (Å²) < 4.78 is 0.814. The first-order valence-electron chi connectivity index (χ1n) is 7.63. The van der Waals surface area contributed by atoms with Gasteiger partial charge in [-0.1, -0.05) is 76.9 Å². The van der Waals surface area contributed by atoms with Crippen LogP contribution in [0.25, 0.3) is 11.3 Å². The van der Waals surface area contributed by atoms with Gasteiger partial charge < -0.3 is 0 Å². The van der Waals surface area contributed by atoms with Crippen molar-refractivity contribution in [3.8, 4) is 11.3 Å². The molecule has 0 saturated carbocycles. The molecule has 0 aliphatic rings. The quantitative estimate of drug-likeness (QED) is 0.214. The van der Waals surface area contributed by atoms with Crippen molar-refractivity contribution in [3.63, 3.8) is 0 Å². The van der Waals surface area contributed by atoms with Crippen LogP contribution >= 0.6 is 57.9 Å². The molecule has 0 spiro atoms. The second-order valence-corrected chi connectivity index (χ2v) is 8.48. The van der Waals surface area contributed by atoms with E-state index in [0.29, 0.717) is 15.6 Å². The Morgan fingerprint density at radius 3 is 2.67 bits per heavy atom. The fraction of sp³-hybridized carbons (Fsp3) is 0.0556. The minimum Gasteiger partial charge on any atom is -0.272 e. The van der Waals surface area contributed by atoms with Crippen LogP contribution in [0.5, 0.6) is 0 Å². The second kappa shape index (κ2) is 9.57. The molecule has 0 aliphatic carbocycles. The van der Waals surface area contributed by atoms with Gasteiger partial charge in [0.1, 0.15) is 0 Å². The molecule has 138 valence electrons. The van der Waals surface area contributed by atoms with Crippen molar-refractivity contribution in [2.75, 3.05) is 5.75 Å². The first-order chi connectivity index (χ1) is 13.0. The molecule has 0 unspecified atom stereocenters. The van der Waals surface area contributed by atoms with Crippen molar-refractivity contribution < 1.29 is 4.79 Å². The summed E-state index contributed by atoms with van der Waals surface area (Å²) in [6.45, 7) is 0. The molecule has 1 amide bonds. The molecule has 0 bridgehead atoms. The number of thioether (sulfide) groups is 1. The number of carbonyl (C=O) groups is 1. The molecule has 3 aromatic rings. The Morgan fingerprint density at radius 1 is 1.15 bits per heavy atom. The van der Waals surface area contributed by atoms with Gasteiger partial charge in [0.2, 0.25) is 0 Å². The van der Waals surface area contributed by atoms with Gasteiger partial charge in [0.05, 0.1) is 32.7 Å². The third-order valence-electron chi connectivity index (χ3n) is 3.34. The highest BCUT2D eigenvalue weighted by Crippen LogP contribution is 2.30. The van der Waals surface area contributed by atoms with Crippen LogP contribution in [0.4, 0.5) is 0 Å². The second-order valence-electron chi connectivity index (χ2n) is 5.20. The lowest BCUT2D eigenvalue weighted by Gasteiger charge is -2.03. The molecule has 1 N–H and O–H groups in total. The minimum atomic E-state index is -0.262. The van der Waals surface area contributed by atoms with E-state index in [1.807, 2.05) is 35.7 Å². The lowest BCUT2D eigenvalue weighted by Crippen LogP contribution is -2.19. The van der Waals surface area contributed by atoms with Crippen molar-refractivity contribution in [3.05, 3.63) is 68.5 Å². The fourth-order valence-corrected chi connectivity index (χ4v) is 4.32. The van der Waals surface area contributed by atoms with Crippen molar-refractivity contribution in [1.29, 1.82) is 0 Å². The molecule has 0 fully saturated rings. The molecule has 3 rings (SSSR count). The van der Waals surface area contributed by atoms with E-state index >= 15 is 0 Å². The summed E-state index contributed by atoms with van der Waals surface area (Å²) in [5, 5.41) is 6.90. The molecule has 0 atom stereocenters. The lowest BCUT2D eigenvalue weighted by molar-refractivity contribution is -0.118. The van der Waals surface area contributed by atoms with E-state index in [-0.39, 0.29) is 16.7 Å². The van der Waals surface area contributed by atoms with Crippen LogP contribution in [0.3, 0.4) is 0 Å². The van der Waals surface area contributed by atoms with E-state index in [9.17, 15) is 4.79 Å². The predicted molar refractivity (Wildman–Crippen MR) is 115 cm³/mol. The van der Waals surface area contributed by atoms with Crippen LogP contribution in [-0.2, 0) is 4.79 Å². The molecule has 0 radical (unpaired) electrons. The van der Waals surface area contributed by atoms with E-state index in [4.69, 9.17) is 34.8 Å². The van der Waals surface area contributed by atoms with E-state index in [0.717, 1.165) is 15.6 Å². The Bertz CT molecular complexity index is 977. The normalized spacial score (nSPS) is 11.1. The Morgan fingerprint density at radius 2 is 1.89 bits per heavy atom. The van der Waals surface area contributed by atoms with Gasteiger partial charge in [-0.25, -0.2) is 10.4 Å². The summed E-state index contributed by atoms with van der Waals surface area (Å²) in [6.07, 6.45) is 1.37. The van der Waals surface area contributed by atoms with E-state index in [1.54, 1.807) is 12.1 Å². The van der Waals surface area contributed by atoms with Gasteiger partial charge in [-0.2, -0.15) is 5.10 Å². The van der Waals surface area contributed by atoms with Crippen molar-refractivity contribution >= 4 is 70.0 Å². The number of carbonyl (C=O) groups excluding carboxylic acids is 1. The van der Waals surface area contributed by atoms with Gasteiger partial charge in [-0.05, 0) is 12.1 Å². The summed E-state index contributed by atoms with van der Waals surface area (Å²) in [7, 11) is 0. The number of hydrazone groups is 1. The van der Waals surface area contributed by atoms with Gasteiger partial charge >= 0.3 is 0 Å². The summed E-state index contributed by atoms with van der Waals surface area (Å²) in [5.41, 5.74) is 4.83. The van der Waals surface area contributed by atoms with E-state index in [1.165, 1.54) is 29.3 Å². The molecular weight excluding hydrogens is 445 g/mol. The smallest absolute Gasteiger partial charge is 0.250 e. The highest BCUT2D eigenvalue weighted by Gasteiger charge is 2.09. The molecule has 9 heteroatoms. The molecule has 1 heterocycles. The standard InChI is InChI=1S/C18H12Cl3N3OS2/c19-13-6-7-14(20)17(21)12(13)8-22-24-16(25)10-27-18-23-15(9-26-18)11-4-2-1-3-5-11/h1-9H,10H2,(H,24,25)/b22-8+. The summed E-state index contributed by atoms with van der Waals surface area (Å²) in [4.78, 5) is 16.5. The number of aromatic nitrogens is 1. The molecule has 0 aliphatic heterocycles. The number of rotatable bonds is 6. The van der Waals surface area contributed by atoms with Gasteiger partial charge in [0, 0.05) is 16.5 Å². The van der Waals surface area contributed by atoms with Crippen LogP contribution in [0.15, 0.2) is 57.3 Å². The molecule has 1 aromatic heterocycles. The van der Waals surface area contributed by atoms with Gasteiger partial charge in [0.15, 0.2) is 4.34 Å². The Kier molecular flexibility index (Phi) is 7.15. The molecular formula is C18H12Cl3N3OS2. The molecule has 27 heavy (non-hydrogen) atoms. The topological polar surface area (TPSA) is 54.4 Å². The number of halogens is 3. The van der Waals surface area contributed by atoms with Crippen LogP contribution in [-0.4, -0.2) is 22.9 Å². The Hall–Kier alpha value is -1.57. The van der Waals surface area contributed by atoms with Gasteiger partial charge in [-0.15, -0.1) is 11.3 Å². The molecule has 4 nitrogen and oxygen atoms in total. The average Bonchev–Trinajstić information content (AvgIpc) is 3.16. The number of amides is 1. The fourth-order valence-electron chi connectivity index (χ4n) is 2.05. The van der Waals surface area contributed by atoms with E-state index < -0.39 is 0 Å². The zero-order chi connectivity index (χ0) is 19.2. The number of nitrogens with zero attached hydrogens (tertiary/aromatic N) is 2. The third kappa shape index (κ3) is 5.46. The molecule has 0 saturated heterocycles. The van der Waals surface area contributed by atoms with E-state index in [2.05, 4.69) is 15.5 Å². The van der Waals surface area contributed by atoms with Crippen LogP contribution in [0, 0.1) is 0 Å². The van der Waals surface area contributed by atoms with Gasteiger partial charge in [0.25, 0.3) is 5.91 Å².